The van der Waals surface area contributed by atoms with Crippen LogP contribution in [0.4, 0.5) is 0 Å². The van der Waals surface area contributed by atoms with Gasteiger partial charge in [-0.1, -0.05) is 6.07 Å². The van der Waals surface area contributed by atoms with Gasteiger partial charge in [0.2, 0.25) is 0 Å². The van der Waals surface area contributed by atoms with Gasteiger partial charge < -0.3 is 14.4 Å². The van der Waals surface area contributed by atoms with E-state index in [9.17, 15) is 0 Å². The fourth-order valence-electron chi connectivity index (χ4n) is 4.12. The van der Waals surface area contributed by atoms with Crippen LogP contribution in [0.2, 0.25) is 0 Å². The maximum atomic E-state index is 5.70. The summed E-state index contributed by atoms with van der Waals surface area (Å²) in [5.41, 5.74) is 4.19. The maximum Gasteiger partial charge on any atom is 0.164 e. The Kier molecular flexibility index (Phi) is 6.02. The number of benzene rings is 1. The molecule has 0 spiro atoms. The molecule has 1 heterocycles. The third-order valence-corrected chi connectivity index (χ3v) is 6.20. The lowest BCUT2D eigenvalue weighted by molar-refractivity contribution is 0.297. The summed E-state index contributed by atoms with van der Waals surface area (Å²) in [7, 11) is 5.73. The Bertz CT molecular complexity index is 696. The predicted molar refractivity (Wildman–Crippen MR) is 105 cm³/mol. The normalized spacial score (nSPS) is 16.8. The molecule has 4 heteroatoms. The van der Waals surface area contributed by atoms with Gasteiger partial charge in [-0.15, -0.1) is 11.3 Å². The second kappa shape index (κ2) is 8.24. The zero-order valence-corrected chi connectivity index (χ0v) is 16.6. The van der Waals surface area contributed by atoms with Gasteiger partial charge in [0.05, 0.1) is 14.2 Å². The van der Waals surface area contributed by atoms with Crippen LogP contribution in [-0.2, 0) is 12.8 Å². The number of aryl methyl sites for hydroxylation is 1. The maximum absolute atomic E-state index is 5.70. The molecule has 1 aromatic carbocycles. The Balaban J connectivity index is 1.76. The summed E-state index contributed by atoms with van der Waals surface area (Å²) in [6.07, 6.45) is 4.71. The Morgan fingerprint density at radius 1 is 1.28 bits per heavy atom. The number of thiophene rings is 1. The Labute approximate surface area is 155 Å². The molecule has 3 rings (SSSR count). The van der Waals surface area contributed by atoms with Crippen molar-refractivity contribution in [2.75, 3.05) is 34.4 Å². The van der Waals surface area contributed by atoms with Crippen molar-refractivity contribution in [1.82, 2.24) is 4.90 Å². The van der Waals surface area contributed by atoms with E-state index in [1.54, 1.807) is 14.2 Å². The van der Waals surface area contributed by atoms with Gasteiger partial charge in [0.15, 0.2) is 11.5 Å². The summed E-state index contributed by atoms with van der Waals surface area (Å²) in [4.78, 5) is 3.95. The van der Waals surface area contributed by atoms with Crippen LogP contribution < -0.4 is 9.47 Å². The first-order chi connectivity index (χ1) is 12.1. The molecule has 0 saturated heterocycles. The van der Waals surface area contributed by atoms with E-state index in [-0.39, 0.29) is 0 Å². The third-order valence-electron chi connectivity index (χ3n) is 5.26. The van der Waals surface area contributed by atoms with Crippen molar-refractivity contribution in [3.05, 3.63) is 45.1 Å². The standard InChI is InChI=1S/C21H29NO2S/c1-15-13-19(23-3)21(24-4)18-9-5-7-16(20(15)18)14-22(2)11-10-17-8-6-12-25-17/h6,8,12-13,16H,5,7,9-11,14H2,1-4H3. The van der Waals surface area contributed by atoms with Gasteiger partial charge in [0, 0.05) is 23.5 Å². The fraction of sp³-hybridized carbons (Fsp3) is 0.524. The van der Waals surface area contributed by atoms with Crippen LogP contribution in [0.1, 0.15) is 40.3 Å². The molecule has 0 saturated carbocycles. The predicted octanol–water partition coefficient (Wildman–Crippen LogP) is 4.67. The molecule has 136 valence electrons. The number of methoxy groups -OCH3 is 2. The highest BCUT2D eigenvalue weighted by atomic mass is 32.1. The fourth-order valence-corrected chi connectivity index (χ4v) is 4.81. The van der Waals surface area contributed by atoms with Gasteiger partial charge in [0.1, 0.15) is 0 Å². The van der Waals surface area contributed by atoms with Gasteiger partial charge >= 0.3 is 0 Å². The van der Waals surface area contributed by atoms with E-state index < -0.39 is 0 Å². The zero-order chi connectivity index (χ0) is 17.8. The highest BCUT2D eigenvalue weighted by molar-refractivity contribution is 7.09. The largest absolute Gasteiger partial charge is 0.493 e. The first-order valence-corrected chi connectivity index (χ1v) is 9.97. The smallest absolute Gasteiger partial charge is 0.164 e. The number of hydrogen-bond donors (Lipinski definition) is 0. The number of ether oxygens (including phenoxy) is 2. The van der Waals surface area contributed by atoms with Crippen LogP contribution in [0, 0.1) is 6.92 Å². The van der Waals surface area contributed by atoms with Crippen molar-refractivity contribution in [3.8, 4) is 11.5 Å². The summed E-state index contributed by atoms with van der Waals surface area (Å²) in [5, 5.41) is 2.16. The number of hydrogen-bond acceptors (Lipinski definition) is 4. The average molecular weight is 360 g/mol. The number of fused-ring (bicyclic) bond motifs is 1. The molecule has 1 aromatic heterocycles. The topological polar surface area (TPSA) is 21.7 Å². The first kappa shape index (κ1) is 18.3. The molecule has 0 aliphatic heterocycles. The van der Waals surface area contributed by atoms with E-state index in [1.165, 1.54) is 34.4 Å². The number of rotatable bonds is 7. The molecule has 1 atom stereocenters. The highest BCUT2D eigenvalue weighted by Gasteiger charge is 2.28. The van der Waals surface area contributed by atoms with Crippen LogP contribution in [0.25, 0.3) is 0 Å². The van der Waals surface area contributed by atoms with Crippen LogP contribution in [-0.4, -0.2) is 39.3 Å². The van der Waals surface area contributed by atoms with Crippen molar-refractivity contribution < 1.29 is 9.47 Å². The Morgan fingerprint density at radius 3 is 2.80 bits per heavy atom. The molecule has 0 bridgehead atoms. The summed E-state index contributed by atoms with van der Waals surface area (Å²) < 4.78 is 11.2. The van der Waals surface area contributed by atoms with Gasteiger partial charge in [-0.3, -0.25) is 0 Å². The minimum atomic E-state index is 0.580. The van der Waals surface area contributed by atoms with Gasteiger partial charge in [-0.25, -0.2) is 0 Å². The average Bonchev–Trinajstić information content (AvgIpc) is 3.13. The summed E-state index contributed by atoms with van der Waals surface area (Å²) >= 11 is 1.85. The van der Waals surface area contributed by atoms with E-state index in [0.717, 1.165) is 37.4 Å². The molecule has 1 aliphatic carbocycles. The molecule has 0 amide bonds. The van der Waals surface area contributed by atoms with E-state index in [2.05, 4.69) is 42.5 Å². The van der Waals surface area contributed by atoms with E-state index in [0.29, 0.717) is 5.92 Å². The van der Waals surface area contributed by atoms with Crippen molar-refractivity contribution >= 4 is 11.3 Å². The first-order valence-electron chi connectivity index (χ1n) is 9.09. The van der Waals surface area contributed by atoms with E-state index in [1.807, 2.05) is 11.3 Å². The minimum Gasteiger partial charge on any atom is -0.493 e. The molecular weight excluding hydrogens is 330 g/mol. The van der Waals surface area contributed by atoms with Crippen LogP contribution in [0.15, 0.2) is 23.6 Å². The van der Waals surface area contributed by atoms with Crippen molar-refractivity contribution in [2.24, 2.45) is 0 Å². The zero-order valence-electron chi connectivity index (χ0n) is 15.8. The van der Waals surface area contributed by atoms with Crippen LogP contribution in [0.5, 0.6) is 11.5 Å². The number of likely N-dealkylation sites (N-methyl/N-ethyl adjacent to an activating group) is 1. The molecule has 0 radical (unpaired) electrons. The molecular formula is C21H29NO2S. The molecule has 2 aromatic rings. The summed E-state index contributed by atoms with van der Waals surface area (Å²) in [6.45, 7) is 4.43. The van der Waals surface area contributed by atoms with E-state index in [4.69, 9.17) is 9.47 Å². The molecule has 0 fully saturated rings. The lowest BCUT2D eigenvalue weighted by Gasteiger charge is -2.32. The third kappa shape index (κ3) is 4.01. The van der Waals surface area contributed by atoms with Crippen molar-refractivity contribution in [1.29, 1.82) is 0 Å². The lowest BCUT2D eigenvalue weighted by atomic mass is 9.79. The molecule has 1 unspecified atom stereocenters. The molecule has 3 nitrogen and oxygen atoms in total. The second-order valence-electron chi connectivity index (χ2n) is 7.00. The Hall–Kier alpha value is -1.52. The Morgan fingerprint density at radius 2 is 2.12 bits per heavy atom. The minimum absolute atomic E-state index is 0.580. The summed E-state index contributed by atoms with van der Waals surface area (Å²) in [5.74, 6) is 2.39. The van der Waals surface area contributed by atoms with Crippen molar-refractivity contribution in [2.45, 2.75) is 38.5 Å². The van der Waals surface area contributed by atoms with E-state index >= 15 is 0 Å². The number of nitrogens with zero attached hydrogens (tertiary/aromatic N) is 1. The van der Waals surface area contributed by atoms with Crippen LogP contribution >= 0.6 is 11.3 Å². The molecule has 1 aliphatic rings. The summed E-state index contributed by atoms with van der Waals surface area (Å²) in [6, 6.07) is 6.51. The lowest BCUT2D eigenvalue weighted by Crippen LogP contribution is -2.29. The van der Waals surface area contributed by atoms with Gasteiger partial charge in [-0.05, 0) is 74.2 Å². The second-order valence-corrected chi connectivity index (χ2v) is 8.03. The quantitative estimate of drug-likeness (QED) is 0.717. The van der Waals surface area contributed by atoms with Crippen LogP contribution in [0.3, 0.4) is 0 Å². The van der Waals surface area contributed by atoms with Gasteiger partial charge in [-0.2, -0.15) is 0 Å². The van der Waals surface area contributed by atoms with Crippen molar-refractivity contribution in [3.63, 3.8) is 0 Å². The van der Waals surface area contributed by atoms with Gasteiger partial charge in [0.25, 0.3) is 0 Å². The molecule has 25 heavy (non-hydrogen) atoms. The SMILES string of the molecule is COc1cc(C)c2c(c1OC)CCCC2CN(C)CCc1cccs1. The highest BCUT2D eigenvalue weighted by Crippen LogP contribution is 2.44. The monoisotopic (exact) mass is 359 g/mol. The molecule has 0 N–H and O–H groups in total.